The highest BCUT2D eigenvalue weighted by Crippen LogP contribution is 2.46. The quantitative estimate of drug-likeness (QED) is 0.568. The summed E-state index contributed by atoms with van der Waals surface area (Å²) in [6.07, 6.45) is 1.33. The molecule has 1 nitrogen and oxygen atoms in total. The molecule has 1 aliphatic rings. The van der Waals surface area contributed by atoms with Gasteiger partial charge in [-0.15, -0.1) is 0 Å². The topological polar surface area (TPSA) is 3.24 Å². The molecule has 1 rings (SSSR count). The van der Waals surface area contributed by atoms with Crippen molar-refractivity contribution in [3.05, 3.63) is 0 Å². The molecule has 0 unspecified atom stereocenters. The van der Waals surface area contributed by atoms with Gasteiger partial charge in [0.05, 0.1) is 0 Å². The van der Waals surface area contributed by atoms with Crippen LogP contribution in [0, 0.1) is 5.41 Å². The van der Waals surface area contributed by atoms with Gasteiger partial charge < -0.3 is 0 Å². The summed E-state index contributed by atoms with van der Waals surface area (Å²) in [5.74, 6) is 0. The van der Waals surface area contributed by atoms with E-state index in [1.165, 1.54) is 23.9 Å². The number of hydrogen-bond acceptors (Lipinski definition) is 1. The summed E-state index contributed by atoms with van der Waals surface area (Å²) in [7, 11) is 0. The van der Waals surface area contributed by atoms with Crippen molar-refractivity contribution < 1.29 is 0 Å². The maximum absolute atomic E-state index is 2.60. The molecule has 0 spiro atoms. The van der Waals surface area contributed by atoms with Crippen molar-refractivity contribution >= 4 is 22.6 Å². The number of nitrogens with zero attached hydrogens (tertiary/aromatic N) is 1. The van der Waals surface area contributed by atoms with Crippen molar-refractivity contribution in [1.29, 1.82) is 0 Å². The molecule has 1 heterocycles. The van der Waals surface area contributed by atoms with E-state index in [1.54, 1.807) is 0 Å². The minimum absolute atomic E-state index is 0.415. The van der Waals surface area contributed by atoms with E-state index >= 15 is 0 Å². The average Bonchev–Trinajstić information content (AvgIpc) is 1.97. The number of hydrogen-bond donors (Lipinski definition) is 0. The lowest BCUT2D eigenvalue weighted by atomic mass is 9.65. The summed E-state index contributed by atoms with van der Waals surface area (Å²) in [6.45, 7) is 12.0. The lowest BCUT2D eigenvalue weighted by Crippen LogP contribution is -2.69. The smallest absolute Gasteiger partial charge is 0.0216 e. The van der Waals surface area contributed by atoms with Gasteiger partial charge in [0.15, 0.2) is 0 Å². The Morgan fingerprint density at radius 3 is 2.17 bits per heavy atom. The van der Waals surface area contributed by atoms with Crippen LogP contribution in [0.25, 0.3) is 0 Å². The van der Waals surface area contributed by atoms with Crippen LogP contribution in [0.2, 0.25) is 0 Å². The van der Waals surface area contributed by atoms with Crippen molar-refractivity contribution in [3.63, 3.8) is 0 Å². The van der Waals surface area contributed by atoms with Gasteiger partial charge in [-0.3, -0.25) is 4.90 Å². The van der Waals surface area contributed by atoms with Crippen LogP contribution in [0.15, 0.2) is 0 Å². The predicted octanol–water partition coefficient (Wildman–Crippen LogP) is 2.93. The molecule has 0 saturated carbocycles. The minimum Gasteiger partial charge on any atom is -0.297 e. The zero-order valence-electron chi connectivity index (χ0n) is 8.65. The Hall–Kier alpha value is 0.690. The van der Waals surface area contributed by atoms with Gasteiger partial charge in [0.1, 0.15) is 0 Å². The third-order valence-electron chi connectivity index (χ3n) is 3.59. The number of rotatable bonds is 3. The minimum atomic E-state index is 0.415. The fraction of sp³-hybridized carbons (Fsp3) is 1.00. The first-order valence-electron chi connectivity index (χ1n) is 4.73. The van der Waals surface area contributed by atoms with Gasteiger partial charge in [-0.25, -0.2) is 0 Å². The van der Waals surface area contributed by atoms with Gasteiger partial charge in [0.25, 0.3) is 0 Å². The molecule has 0 bridgehead atoms. The van der Waals surface area contributed by atoms with Gasteiger partial charge in [-0.05, 0) is 32.2 Å². The Balaban J connectivity index is 2.43. The Morgan fingerprint density at radius 1 is 1.25 bits per heavy atom. The summed E-state index contributed by atoms with van der Waals surface area (Å²) < 4.78 is 1.28. The molecule has 0 aliphatic carbocycles. The number of alkyl halides is 1. The lowest BCUT2D eigenvalue weighted by Gasteiger charge is -2.61. The van der Waals surface area contributed by atoms with Crippen molar-refractivity contribution in [2.24, 2.45) is 5.41 Å². The van der Waals surface area contributed by atoms with Crippen LogP contribution in [0.4, 0.5) is 0 Å². The standard InChI is InChI=1S/C10H20IN/c1-9(2)8-12(7-5-6-11)10(9,3)4/h5-8H2,1-4H3. The van der Waals surface area contributed by atoms with Crippen LogP contribution in [-0.4, -0.2) is 28.0 Å². The highest BCUT2D eigenvalue weighted by Gasteiger charge is 2.51. The Bertz CT molecular complexity index is 163. The van der Waals surface area contributed by atoms with E-state index in [0.29, 0.717) is 11.0 Å². The third-order valence-corrected chi connectivity index (χ3v) is 4.36. The van der Waals surface area contributed by atoms with Crippen LogP contribution in [0.1, 0.15) is 34.1 Å². The lowest BCUT2D eigenvalue weighted by molar-refractivity contribution is -0.115. The van der Waals surface area contributed by atoms with Crippen LogP contribution in [0.5, 0.6) is 0 Å². The third kappa shape index (κ3) is 1.65. The first-order valence-corrected chi connectivity index (χ1v) is 6.25. The van der Waals surface area contributed by atoms with Gasteiger partial charge in [0.2, 0.25) is 0 Å². The molecule has 0 amide bonds. The molecule has 1 saturated heterocycles. The molecule has 0 radical (unpaired) electrons. The Labute approximate surface area is 90.0 Å². The molecule has 0 N–H and O–H groups in total. The van der Waals surface area contributed by atoms with Crippen molar-refractivity contribution in [1.82, 2.24) is 4.90 Å². The van der Waals surface area contributed by atoms with Crippen molar-refractivity contribution in [2.75, 3.05) is 17.5 Å². The number of likely N-dealkylation sites (tertiary alicyclic amines) is 1. The fourth-order valence-electron chi connectivity index (χ4n) is 1.81. The highest BCUT2D eigenvalue weighted by atomic mass is 127. The van der Waals surface area contributed by atoms with Crippen molar-refractivity contribution in [2.45, 2.75) is 39.7 Å². The summed E-state index contributed by atoms with van der Waals surface area (Å²) in [5, 5.41) is 0. The molecule has 1 aliphatic heterocycles. The van der Waals surface area contributed by atoms with E-state index in [0.717, 1.165) is 0 Å². The second-order valence-electron chi connectivity index (χ2n) is 4.91. The maximum Gasteiger partial charge on any atom is 0.0216 e. The second kappa shape index (κ2) is 3.45. The molecule has 72 valence electrons. The molecule has 0 atom stereocenters. The Kier molecular flexibility index (Phi) is 3.09. The van der Waals surface area contributed by atoms with Gasteiger partial charge in [0, 0.05) is 16.5 Å². The first-order chi connectivity index (χ1) is 5.42. The van der Waals surface area contributed by atoms with E-state index < -0.39 is 0 Å². The predicted molar refractivity (Wildman–Crippen MR) is 62.9 cm³/mol. The van der Waals surface area contributed by atoms with Gasteiger partial charge in [-0.2, -0.15) is 0 Å². The fourth-order valence-corrected chi connectivity index (χ4v) is 2.16. The zero-order valence-corrected chi connectivity index (χ0v) is 10.8. The van der Waals surface area contributed by atoms with E-state index in [9.17, 15) is 0 Å². The van der Waals surface area contributed by atoms with Crippen LogP contribution < -0.4 is 0 Å². The van der Waals surface area contributed by atoms with Crippen LogP contribution in [-0.2, 0) is 0 Å². The molecule has 1 fully saturated rings. The molecule has 0 aromatic heterocycles. The largest absolute Gasteiger partial charge is 0.297 e. The van der Waals surface area contributed by atoms with E-state index in [2.05, 4.69) is 55.2 Å². The zero-order chi connectivity index (χ0) is 9.41. The highest BCUT2D eigenvalue weighted by molar-refractivity contribution is 14.1. The summed E-state index contributed by atoms with van der Waals surface area (Å²) in [5.41, 5.74) is 0.928. The SMILES string of the molecule is CC1(C)CN(CCCI)C1(C)C. The van der Waals surface area contributed by atoms with E-state index in [1.807, 2.05) is 0 Å². The maximum atomic E-state index is 2.60. The summed E-state index contributed by atoms with van der Waals surface area (Å²) in [4.78, 5) is 2.60. The van der Waals surface area contributed by atoms with Gasteiger partial charge >= 0.3 is 0 Å². The summed E-state index contributed by atoms with van der Waals surface area (Å²) >= 11 is 2.46. The first kappa shape index (κ1) is 10.8. The Morgan fingerprint density at radius 2 is 1.83 bits per heavy atom. The number of halogens is 1. The average molecular weight is 281 g/mol. The molecular weight excluding hydrogens is 261 g/mol. The molecular formula is C10H20IN. The second-order valence-corrected chi connectivity index (χ2v) is 5.99. The van der Waals surface area contributed by atoms with Crippen molar-refractivity contribution in [3.8, 4) is 0 Å². The molecule has 0 aromatic rings. The molecule has 12 heavy (non-hydrogen) atoms. The van der Waals surface area contributed by atoms with E-state index in [4.69, 9.17) is 0 Å². The normalized spacial score (nSPS) is 26.8. The van der Waals surface area contributed by atoms with Crippen LogP contribution >= 0.6 is 22.6 Å². The summed E-state index contributed by atoms with van der Waals surface area (Å²) in [6, 6.07) is 0. The van der Waals surface area contributed by atoms with Gasteiger partial charge in [-0.1, -0.05) is 36.4 Å². The molecule has 0 aromatic carbocycles. The van der Waals surface area contributed by atoms with Crippen LogP contribution in [0.3, 0.4) is 0 Å². The molecule has 2 heteroatoms. The monoisotopic (exact) mass is 281 g/mol. The van der Waals surface area contributed by atoms with E-state index in [-0.39, 0.29) is 0 Å².